The van der Waals surface area contributed by atoms with E-state index in [0.717, 1.165) is 69.1 Å². The molecule has 0 aliphatic heterocycles. The Morgan fingerprint density at radius 2 is 2.06 bits per heavy atom. The number of carbonyl (C=O) groups is 1. The molecule has 2 aliphatic rings. The Labute approximate surface area is 199 Å². The molecule has 172 valence electrons. The summed E-state index contributed by atoms with van der Waals surface area (Å²) in [6, 6.07) is 8.05. The molecule has 2 aliphatic carbocycles. The number of rotatable bonds is 11. The van der Waals surface area contributed by atoms with E-state index < -0.39 is 5.97 Å². The molecule has 32 heavy (non-hydrogen) atoms. The van der Waals surface area contributed by atoms with Gasteiger partial charge in [0.2, 0.25) is 6.04 Å². The van der Waals surface area contributed by atoms with Gasteiger partial charge in [0.1, 0.15) is 4.88 Å². The highest BCUT2D eigenvalue weighted by Crippen LogP contribution is 2.49. The highest BCUT2D eigenvalue weighted by Gasteiger charge is 2.46. The van der Waals surface area contributed by atoms with Crippen LogP contribution in [0.2, 0.25) is 0 Å². The quantitative estimate of drug-likeness (QED) is 0.354. The van der Waals surface area contributed by atoms with Crippen LogP contribution in [0.4, 0.5) is 0 Å². The van der Waals surface area contributed by atoms with Crippen molar-refractivity contribution in [1.29, 1.82) is 0 Å². The number of thiophene rings is 2. The molecule has 0 saturated heterocycles. The van der Waals surface area contributed by atoms with E-state index in [-0.39, 0.29) is 17.6 Å². The molecule has 2 saturated carbocycles. The van der Waals surface area contributed by atoms with Crippen molar-refractivity contribution >= 4 is 28.6 Å². The number of hydrogen-bond donors (Lipinski definition) is 2. The number of aliphatic hydroxyl groups excluding tert-OH is 1. The van der Waals surface area contributed by atoms with Crippen LogP contribution in [-0.2, 0) is 11.8 Å². The summed E-state index contributed by atoms with van der Waals surface area (Å²) in [7, 11) is 0. The maximum Gasteiger partial charge on any atom is 0.345 e. The van der Waals surface area contributed by atoms with Gasteiger partial charge in [0.15, 0.2) is 0 Å². The molecule has 1 unspecified atom stereocenters. The SMILES string of the molecule is [C-]#[N+][C@@H]1CC[C@H](CCCc2ccc(C(=O)O)s2)[C@H]1CCCC(O)C1(c2cccs2)CCC1. The van der Waals surface area contributed by atoms with Crippen LogP contribution in [-0.4, -0.2) is 28.3 Å². The molecule has 4 nitrogen and oxygen atoms in total. The molecule has 0 bridgehead atoms. The van der Waals surface area contributed by atoms with Gasteiger partial charge in [0.25, 0.3) is 0 Å². The first kappa shape index (κ1) is 23.5. The molecule has 0 radical (unpaired) electrons. The Morgan fingerprint density at radius 3 is 2.69 bits per heavy atom. The summed E-state index contributed by atoms with van der Waals surface area (Å²) in [5.74, 6) is 0.179. The van der Waals surface area contributed by atoms with Crippen molar-refractivity contribution < 1.29 is 15.0 Å². The van der Waals surface area contributed by atoms with Crippen LogP contribution < -0.4 is 0 Å². The lowest BCUT2D eigenvalue weighted by molar-refractivity contribution is 0.0217. The van der Waals surface area contributed by atoms with Gasteiger partial charge in [-0.25, -0.2) is 11.4 Å². The third-order valence-corrected chi connectivity index (χ3v) is 10.1. The molecule has 6 heteroatoms. The maximum absolute atomic E-state index is 11.1. The zero-order chi connectivity index (χ0) is 22.6. The van der Waals surface area contributed by atoms with Gasteiger partial charge in [0, 0.05) is 27.5 Å². The minimum atomic E-state index is -0.845. The Balaban J connectivity index is 1.27. The number of aromatic carboxylic acids is 1. The Bertz CT molecular complexity index is 925. The highest BCUT2D eigenvalue weighted by molar-refractivity contribution is 7.13. The zero-order valence-electron chi connectivity index (χ0n) is 18.5. The maximum atomic E-state index is 11.1. The molecule has 2 aromatic rings. The molecule has 2 aromatic heterocycles. The monoisotopic (exact) mass is 471 g/mol. The second-order valence-corrected chi connectivity index (χ2v) is 11.7. The number of aliphatic hydroxyl groups is 1. The number of nitrogens with zero attached hydrogens (tertiary/aromatic N) is 1. The van der Waals surface area contributed by atoms with Crippen molar-refractivity contribution in [2.45, 2.75) is 88.2 Å². The Morgan fingerprint density at radius 1 is 1.22 bits per heavy atom. The normalized spacial score (nSPS) is 25.2. The van der Waals surface area contributed by atoms with Gasteiger partial charge in [-0.2, -0.15) is 0 Å². The fourth-order valence-corrected chi connectivity index (χ4v) is 7.85. The first-order valence-electron chi connectivity index (χ1n) is 11.9. The largest absolute Gasteiger partial charge is 0.477 e. The van der Waals surface area contributed by atoms with Crippen molar-refractivity contribution in [1.82, 2.24) is 0 Å². The molecular weight excluding hydrogens is 438 g/mol. The van der Waals surface area contributed by atoms with Crippen LogP contribution in [0, 0.1) is 18.4 Å². The van der Waals surface area contributed by atoms with E-state index in [1.165, 1.54) is 22.6 Å². The lowest BCUT2D eigenvalue weighted by Gasteiger charge is -2.45. The molecule has 4 atom stereocenters. The molecule has 2 fully saturated rings. The smallest absolute Gasteiger partial charge is 0.345 e. The summed E-state index contributed by atoms with van der Waals surface area (Å²) in [5, 5.41) is 22.3. The van der Waals surface area contributed by atoms with Gasteiger partial charge in [-0.1, -0.05) is 18.9 Å². The van der Waals surface area contributed by atoms with Crippen LogP contribution >= 0.6 is 22.7 Å². The Hall–Kier alpha value is -1.68. The number of hydrogen-bond acceptors (Lipinski definition) is 4. The van der Waals surface area contributed by atoms with Gasteiger partial charge >= 0.3 is 5.97 Å². The summed E-state index contributed by atoms with van der Waals surface area (Å²) in [6.07, 6.45) is 11.2. The van der Waals surface area contributed by atoms with Crippen molar-refractivity contribution in [2.24, 2.45) is 11.8 Å². The van der Waals surface area contributed by atoms with E-state index in [1.54, 1.807) is 17.4 Å². The van der Waals surface area contributed by atoms with E-state index in [1.807, 2.05) is 6.07 Å². The lowest BCUT2D eigenvalue weighted by atomic mass is 9.63. The molecule has 2 heterocycles. The first-order chi connectivity index (χ1) is 15.5. The number of aryl methyl sites for hydroxylation is 1. The first-order valence-corrected chi connectivity index (χ1v) is 13.6. The van der Waals surface area contributed by atoms with Crippen molar-refractivity contribution in [3.63, 3.8) is 0 Å². The summed E-state index contributed by atoms with van der Waals surface area (Å²) in [6.45, 7) is 7.65. The lowest BCUT2D eigenvalue weighted by Crippen LogP contribution is -2.45. The van der Waals surface area contributed by atoms with E-state index in [4.69, 9.17) is 11.7 Å². The predicted molar refractivity (Wildman–Crippen MR) is 131 cm³/mol. The van der Waals surface area contributed by atoms with Crippen LogP contribution in [0.25, 0.3) is 4.85 Å². The summed E-state index contributed by atoms with van der Waals surface area (Å²) < 4.78 is 0. The van der Waals surface area contributed by atoms with Crippen LogP contribution in [0.5, 0.6) is 0 Å². The minimum absolute atomic E-state index is 0.0159. The van der Waals surface area contributed by atoms with Crippen molar-refractivity contribution in [3.05, 3.63) is 55.7 Å². The van der Waals surface area contributed by atoms with Gasteiger partial charge in [-0.05, 0) is 80.9 Å². The van der Waals surface area contributed by atoms with Gasteiger partial charge in [0.05, 0.1) is 6.10 Å². The average Bonchev–Trinajstić information content (AvgIpc) is 3.49. The second kappa shape index (κ2) is 10.5. The van der Waals surface area contributed by atoms with E-state index in [2.05, 4.69) is 22.4 Å². The van der Waals surface area contributed by atoms with Crippen LogP contribution in [0.3, 0.4) is 0 Å². The van der Waals surface area contributed by atoms with Gasteiger partial charge < -0.3 is 15.1 Å². The minimum Gasteiger partial charge on any atom is -0.477 e. The van der Waals surface area contributed by atoms with E-state index in [0.29, 0.717) is 16.7 Å². The number of carboxylic acid groups (broad SMARTS) is 1. The standard InChI is InChI=1S/C26H33NO3S2/c1-27-21-13-11-18(6-2-7-19-12-14-22(32-19)25(29)30)20(21)8-3-9-23(28)26(15-5-16-26)24-10-4-17-31-24/h4,10,12,14,17-18,20-21,23,28H,2-3,5-9,11,13,15-16H2,(H,29,30)/t18-,20+,21+,23?/m0/s1. The zero-order valence-corrected chi connectivity index (χ0v) is 20.2. The average molecular weight is 472 g/mol. The molecule has 0 aromatic carbocycles. The summed E-state index contributed by atoms with van der Waals surface area (Å²) in [4.78, 5) is 17.9. The van der Waals surface area contributed by atoms with E-state index >= 15 is 0 Å². The third kappa shape index (κ3) is 4.95. The van der Waals surface area contributed by atoms with E-state index in [9.17, 15) is 9.90 Å². The third-order valence-electron chi connectivity index (χ3n) is 7.88. The van der Waals surface area contributed by atoms with Gasteiger partial charge in [-0.3, -0.25) is 0 Å². The number of carboxylic acids is 1. The molecule has 4 rings (SSSR count). The van der Waals surface area contributed by atoms with Crippen LogP contribution in [0.15, 0.2) is 29.6 Å². The summed E-state index contributed by atoms with van der Waals surface area (Å²) in [5.41, 5.74) is -0.0159. The fraction of sp³-hybridized carbons (Fsp3) is 0.615. The molecule has 0 spiro atoms. The molecule has 0 amide bonds. The van der Waals surface area contributed by atoms with Crippen molar-refractivity contribution in [3.8, 4) is 0 Å². The Kier molecular flexibility index (Phi) is 7.70. The predicted octanol–water partition coefficient (Wildman–Crippen LogP) is 6.80. The second-order valence-electron chi connectivity index (χ2n) is 9.59. The fourth-order valence-electron chi connectivity index (χ4n) is 5.93. The van der Waals surface area contributed by atoms with Crippen LogP contribution in [0.1, 0.15) is 83.6 Å². The topological polar surface area (TPSA) is 61.9 Å². The van der Waals surface area contributed by atoms with Gasteiger partial charge in [-0.15, -0.1) is 22.7 Å². The van der Waals surface area contributed by atoms with Crippen molar-refractivity contribution in [2.75, 3.05) is 0 Å². The summed E-state index contributed by atoms with van der Waals surface area (Å²) >= 11 is 3.16. The molecular formula is C26H33NO3S2. The molecule has 2 N–H and O–H groups in total. The highest BCUT2D eigenvalue weighted by atomic mass is 32.1.